The lowest BCUT2D eigenvalue weighted by Crippen LogP contribution is -2.37. The normalized spacial score (nSPS) is 10.6. The zero-order chi connectivity index (χ0) is 14.7. The van der Waals surface area contributed by atoms with E-state index in [-0.39, 0.29) is 12.5 Å². The summed E-state index contributed by atoms with van der Waals surface area (Å²) in [6, 6.07) is 0. The molecule has 0 aliphatic rings. The van der Waals surface area contributed by atoms with Crippen molar-refractivity contribution in [1.82, 2.24) is 24.8 Å². The van der Waals surface area contributed by atoms with E-state index in [4.69, 9.17) is 0 Å². The number of nitrogens with zero attached hydrogens (tertiary/aromatic N) is 5. The summed E-state index contributed by atoms with van der Waals surface area (Å²) in [6.07, 6.45) is 1.57. The number of likely N-dealkylation sites (N-methyl/N-ethyl adjacent to an activating group) is 2. The second-order valence-electron chi connectivity index (χ2n) is 4.52. The van der Waals surface area contributed by atoms with E-state index in [2.05, 4.69) is 25.3 Å². The molecule has 0 saturated carbocycles. The summed E-state index contributed by atoms with van der Waals surface area (Å²) in [5, 5.41) is 2.91. The first-order valence-electron chi connectivity index (χ1n) is 6.40. The maximum Gasteiger partial charge on any atom is 0.241 e. The quantitative estimate of drug-likeness (QED) is 0.817. The van der Waals surface area contributed by atoms with Crippen LogP contribution in [0.1, 0.15) is 6.92 Å². The summed E-state index contributed by atoms with van der Waals surface area (Å²) in [5.74, 6) is 1.18. The van der Waals surface area contributed by atoms with Gasteiger partial charge in [0, 0.05) is 27.7 Å². The number of aromatic nitrogens is 4. The number of hydrogen-bond acceptors (Lipinski definition) is 6. The smallest absolute Gasteiger partial charge is 0.241 e. The molecule has 2 N–H and O–H groups in total. The summed E-state index contributed by atoms with van der Waals surface area (Å²) in [5.41, 5.74) is 1.31. The molecule has 1 amide bonds. The lowest BCUT2D eigenvalue weighted by Gasteiger charge is -2.23. The number of imidazole rings is 1. The molecule has 2 aromatic heterocycles. The van der Waals surface area contributed by atoms with Gasteiger partial charge in [-0.1, -0.05) is 0 Å². The fourth-order valence-electron chi connectivity index (χ4n) is 1.80. The van der Waals surface area contributed by atoms with E-state index >= 15 is 0 Å². The Morgan fingerprint density at radius 1 is 1.40 bits per heavy atom. The number of aromatic amines is 1. The number of carbonyl (C=O) groups is 1. The summed E-state index contributed by atoms with van der Waals surface area (Å²) < 4.78 is 0. The fraction of sp³-hybridized carbons (Fsp3) is 0.500. The molecule has 2 heterocycles. The molecule has 0 aliphatic heterocycles. The highest BCUT2D eigenvalue weighted by Gasteiger charge is 2.18. The lowest BCUT2D eigenvalue weighted by atomic mass is 10.4. The van der Waals surface area contributed by atoms with Gasteiger partial charge in [-0.25, -0.2) is 4.98 Å². The molecule has 2 aromatic rings. The van der Waals surface area contributed by atoms with Crippen molar-refractivity contribution < 1.29 is 4.79 Å². The molecule has 0 saturated heterocycles. The number of anilines is 2. The van der Waals surface area contributed by atoms with Crippen LogP contribution in [0.25, 0.3) is 11.2 Å². The molecule has 20 heavy (non-hydrogen) atoms. The third-order valence-electron chi connectivity index (χ3n) is 3.00. The Morgan fingerprint density at radius 2 is 2.15 bits per heavy atom. The highest BCUT2D eigenvalue weighted by Crippen LogP contribution is 2.22. The van der Waals surface area contributed by atoms with Gasteiger partial charge in [0.15, 0.2) is 11.5 Å². The van der Waals surface area contributed by atoms with Gasteiger partial charge in [-0.3, -0.25) is 4.79 Å². The van der Waals surface area contributed by atoms with Gasteiger partial charge in [-0.15, -0.1) is 0 Å². The van der Waals surface area contributed by atoms with Gasteiger partial charge in [0.05, 0.1) is 12.9 Å². The van der Waals surface area contributed by atoms with Crippen LogP contribution in [0.15, 0.2) is 6.33 Å². The second kappa shape index (κ2) is 5.72. The molecular formula is C12H19N7O. The van der Waals surface area contributed by atoms with Crippen LogP contribution in [0.5, 0.6) is 0 Å². The largest absolute Gasteiger partial charge is 0.357 e. The van der Waals surface area contributed by atoms with E-state index in [9.17, 15) is 4.79 Å². The van der Waals surface area contributed by atoms with Gasteiger partial charge in [-0.05, 0) is 6.92 Å². The third kappa shape index (κ3) is 2.63. The maximum absolute atomic E-state index is 11.9. The van der Waals surface area contributed by atoms with Gasteiger partial charge in [-0.2, -0.15) is 9.97 Å². The Hall–Kier alpha value is -2.38. The maximum atomic E-state index is 11.9. The van der Waals surface area contributed by atoms with Gasteiger partial charge in [0.1, 0.15) is 5.52 Å². The van der Waals surface area contributed by atoms with Gasteiger partial charge >= 0.3 is 0 Å². The molecular weight excluding hydrogens is 258 g/mol. The molecule has 2 rings (SSSR count). The lowest BCUT2D eigenvalue weighted by molar-refractivity contribution is -0.127. The van der Waals surface area contributed by atoms with Crippen LogP contribution in [0.2, 0.25) is 0 Å². The van der Waals surface area contributed by atoms with E-state index in [1.807, 2.05) is 11.8 Å². The summed E-state index contributed by atoms with van der Waals surface area (Å²) in [6.45, 7) is 2.90. The Kier molecular flexibility index (Phi) is 4.02. The van der Waals surface area contributed by atoms with Crippen LogP contribution < -0.4 is 10.2 Å². The molecule has 0 atom stereocenters. The Morgan fingerprint density at radius 3 is 2.75 bits per heavy atom. The minimum Gasteiger partial charge on any atom is -0.357 e. The molecule has 0 aliphatic carbocycles. The average Bonchev–Trinajstić information content (AvgIpc) is 2.91. The first-order chi connectivity index (χ1) is 9.56. The number of H-pyrrole nitrogens is 1. The van der Waals surface area contributed by atoms with Crippen molar-refractivity contribution >= 4 is 28.8 Å². The average molecular weight is 277 g/mol. The summed E-state index contributed by atoms with van der Waals surface area (Å²) >= 11 is 0. The zero-order valence-electron chi connectivity index (χ0n) is 12.1. The molecule has 8 nitrogen and oxygen atoms in total. The minimum atomic E-state index is 0.0177. The topological polar surface area (TPSA) is 90.0 Å². The van der Waals surface area contributed by atoms with Crippen molar-refractivity contribution in [2.24, 2.45) is 0 Å². The van der Waals surface area contributed by atoms with Gasteiger partial charge in [0.25, 0.3) is 0 Å². The molecule has 0 unspecified atom stereocenters. The number of fused-ring (bicyclic) bond motifs is 1. The fourth-order valence-corrected chi connectivity index (χ4v) is 1.80. The van der Waals surface area contributed by atoms with Gasteiger partial charge in [0.2, 0.25) is 11.9 Å². The van der Waals surface area contributed by atoms with Crippen molar-refractivity contribution in [3.8, 4) is 0 Å². The predicted octanol–water partition coefficient (Wildman–Crippen LogP) is 0.309. The van der Waals surface area contributed by atoms with Crippen LogP contribution >= 0.6 is 0 Å². The van der Waals surface area contributed by atoms with Crippen LogP contribution in [0, 0.1) is 0 Å². The highest BCUT2D eigenvalue weighted by atomic mass is 16.2. The van der Waals surface area contributed by atoms with Crippen LogP contribution in [-0.2, 0) is 4.79 Å². The van der Waals surface area contributed by atoms with Crippen LogP contribution in [0.3, 0.4) is 0 Å². The van der Waals surface area contributed by atoms with E-state index in [1.165, 1.54) is 0 Å². The first-order valence-corrected chi connectivity index (χ1v) is 6.40. The van der Waals surface area contributed by atoms with Gasteiger partial charge < -0.3 is 20.1 Å². The monoisotopic (exact) mass is 277 g/mol. The second-order valence-corrected chi connectivity index (χ2v) is 4.52. The Bertz CT molecular complexity index is 607. The van der Waals surface area contributed by atoms with E-state index in [0.717, 1.165) is 5.52 Å². The highest BCUT2D eigenvalue weighted by molar-refractivity contribution is 5.88. The zero-order valence-corrected chi connectivity index (χ0v) is 12.1. The Labute approximate surface area is 117 Å². The van der Waals surface area contributed by atoms with Crippen molar-refractivity contribution in [2.75, 3.05) is 44.4 Å². The minimum absolute atomic E-state index is 0.0177. The number of carbonyl (C=O) groups excluding carboxylic acids is 1. The van der Waals surface area contributed by atoms with Crippen molar-refractivity contribution in [2.45, 2.75) is 6.92 Å². The van der Waals surface area contributed by atoms with Crippen LogP contribution in [-0.4, -0.2) is 65.0 Å². The number of amides is 1. The van der Waals surface area contributed by atoms with E-state index < -0.39 is 0 Å². The first kappa shape index (κ1) is 14.0. The summed E-state index contributed by atoms with van der Waals surface area (Å²) in [7, 11) is 5.22. The predicted molar refractivity (Wildman–Crippen MR) is 77.8 cm³/mol. The Balaban J connectivity index is 2.42. The number of nitrogens with one attached hydrogen (secondary N) is 2. The molecule has 0 fully saturated rings. The molecule has 0 radical (unpaired) electrons. The third-order valence-corrected chi connectivity index (χ3v) is 3.00. The SMILES string of the molecule is CCN(CC(=O)N(C)C)c1nc(NC)nc2nc[nH]c12. The molecule has 0 spiro atoms. The van der Waals surface area contributed by atoms with E-state index in [1.54, 1.807) is 32.4 Å². The van der Waals surface area contributed by atoms with Crippen molar-refractivity contribution in [3.63, 3.8) is 0 Å². The van der Waals surface area contributed by atoms with E-state index in [0.29, 0.717) is 24.0 Å². The summed E-state index contributed by atoms with van der Waals surface area (Å²) in [4.78, 5) is 31.2. The van der Waals surface area contributed by atoms with Crippen LogP contribution in [0.4, 0.5) is 11.8 Å². The molecule has 0 aromatic carbocycles. The number of rotatable bonds is 5. The van der Waals surface area contributed by atoms with Crippen molar-refractivity contribution in [3.05, 3.63) is 6.33 Å². The molecule has 108 valence electrons. The standard InChI is InChI=1S/C12H19N7O/c1-5-19(6-8(20)18(3)4)11-9-10(15-7-14-9)16-12(13-2)17-11/h7H,5-6H2,1-4H3,(H2,13,14,15,16,17). The van der Waals surface area contributed by atoms with Crippen molar-refractivity contribution in [1.29, 1.82) is 0 Å². The number of hydrogen-bond donors (Lipinski definition) is 2. The molecule has 8 heteroatoms. The molecule has 0 bridgehead atoms.